The molecule has 0 aliphatic heterocycles. The zero-order valence-corrected chi connectivity index (χ0v) is 12.6. The molecule has 3 aromatic rings. The van der Waals surface area contributed by atoms with Crippen molar-refractivity contribution in [2.45, 2.75) is 13.5 Å². The molecular weight excluding hydrogens is 302 g/mol. The second-order valence-corrected chi connectivity index (χ2v) is 5.79. The van der Waals surface area contributed by atoms with Crippen LogP contribution in [0.4, 0.5) is 5.69 Å². The number of carboxylic acids is 1. The number of amides is 1. The minimum absolute atomic E-state index is 0.243. The molecule has 0 aliphatic rings. The highest BCUT2D eigenvalue weighted by Gasteiger charge is 2.11. The Kier molecular flexibility index (Phi) is 3.64. The first-order valence-electron chi connectivity index (χ1n) is 6.67. The second-order valence-electron chi connectivity index (χ2n) is 4.71. The Morgan fingerprint density at radius 1 is 1.36 bits per heavy atom. The maximum absolute atomic E-state index is 12.1. The van der Waals surface area contributed by atoms with Crippen LogP contribution in [-0.4, -0.2) is 26.8 Å². The molecule has 22 heavy (non-hydrogen) atoms. The lowest BCUT2D eigenvalue weighted by Crippen LogP contribution is -2.10. The standard InChI is InChI=1S/C15H13N3O3S/c1-2-18-8-10(7-16-18)14(19)17-11-3-4-12-9(5-11)6-13(22-12)15(20)21/h3-8H,2H2,1H3,(H,17,19)(H,20,21). The lowest BCUT2D eigenvalue weighted by molar-refractivity contribution is 0.0702. The molecule has 2 aromatic heterocycles. The van der Waals surface area contributed by atoms with E-state index < -0.39 is 5.97 Å². The quantitative estimate of drug-likeness (QED) is 0.775. The summed E-state index contributed by atoms with van der Waals surface area (Å²) in [5.74, 6) is -1.19. The van der Waals surface area contributed by atoms with Gasteiger partial charge in [0.15, 0.2) is 0 Å². The molecule has 0 radical (unpaired) electrons. The number of carboxylic acid groups (broad SMARTS) is 1. The number of hydrogen-bond acceptors (Lipinski definition) is 4. The van der Waals surface area contributed by atoms with E-state index in [-0.39, 0.29) is 10.8 Å². The van der Waals surface area contributed by atoms with Crippen molar-refractivity contribution in [3.8, 4) is 0 Å². The lowest BCUT2D eigenvalue weighted by Gasteiger charge is -2.03. The van der Waals surface area contributed by atoms with Gasteiger partial charge in [0.05, 0.1) is 11.8 Å². The van der Waals surface area contributed by atoms with E-state index >= 15 is 0 Å². The molecule has 0 bridgehead atoms. The van der Waals surface area contributed by atoms with Gasteiger partial charge in [0.2, 0.25) is 0 Å². The minimum atomic E-state index is -0.946. The van der Waals surface area contributed by atoms with Crippen molar-refractivity contribution in [2.75, 3.05) is 5.32 Å². The third-order valence-electron chi connectivity index (χ3n) is 3.20. The van der Waals surface area contributed by atoms with Crippen LogP contribution < -0.4 is 5.32 Å². The summed E-state index contributed by atoms with van der Waals surface area (Å²) in [4.78, 5) is 23.4. The summed E-state index contributed by atoms with van der Waals surface area (Å²) in [6, 6.07) is 6.93. The average molecular weight is 315 g/mol. The molecule has 2 heterocycles. The molecular formula is C15H13N3O3S. The molecule has 0 aliphatic carbocycles. The fraction of sp³-hybridized carbons (Fsp3) is 0.133. The molecule has 7 heteroatoms. The molecule has 0 unspecified atom stereocenters. The number of anilines is 1. The number of benzene rings is 1. The third kappa shape index (κ3) is 2.71. The van der Waals surface area contributed by atoms with Crippen LogP contribution >= 0.6 is 11.3 Å². The SMILES string of the molecule is CCn1cc(C(=O)Nc2ccc3sc(C(=O)O)cc3c2)cn1. The van der Waals surface area contributed by atoms with E-state index in [2.05, 4.69) is 10.4 Å². The van der Waals surface area contributed by atoms with E-state index in [1.807, 2.05) is 6.92 Å². The van der Waals surface area contributed by atoms with Crippen LogP contribution in [-0.2, 0) is 6.54 Å². The molecule has 1 amide bonds. The Bertz CT molecular complexity index is 866. The van der Waals surface area contributed by atoms with Crippen molar-refractivity contribution in [1.29, 1.82) is 0 Å². The van der Waals surface area contributed by atoms with Gasteiger partial charge in [-0.1, -0.05) is 0 Å². The smallest absolute Gasteiger partial charge is 0.345 e. The normalized spacial score (nSPS) is 10.8. The number of aryl methyl sites for hydroxylation is 1. The number of hydrogen-bond donors (Lipinski definition) is 2. The van der Waals surface area contributed by atoms with Gasteiger partial charge in [-0.25, -0.2) is 4.79 Å². The van der Waals surface area contributed by atoms with Crippen molar-refractivity contribution < 1.29 is 14.7 Å². The van der Waals surface area contributed by atoms with Crippen molar-refractivity contribution in [3.63, 3.8) is 0 Å². The number of carbonyl (C=O) groups is 2. The van der Waals surface area contributed by atoms with Gasteiger partial charge in [0, 0.05) is 23.1 Å². The first-order valence-corrected chi connectivity index (χ1v) is 7.49. The Labute approximate surface area is 130 Å². The van der Waals surface area contributed by atoms with Gasteiger partial charge in [-0.15, -0.1) is 11.3 Å². The van der Waals surface area contributed by atoms with Gasteiger partial charge >= 0.3 is 5.97 Å². The van der Waals surface area contributed by atoms with Crippen LogP contribution in [0.2, 0.25) is 0 Å². The number of nitrogens with zero attached hydrogens (tertiary/aromatic N) is 2. The molecule has 0 saturated heterocycles. The van der Waals surface area contributed by atoms with Crippen molar-refractivity contribution in [1.82, 2.24) is 9.78 Å². The fourth-order valence-electron chi connectivity index (χ4n) is 2.08. The number of aromatic nitrogens is 2. The third-order valence-corrected chi connectivity index (χ3v) is 4.31. The number of thiophene rings is 1. The summed E-state index contributed by atoms with van der Waals surface area (Å²) >= 11 is 1.21. The maximum Gasteiger partial charge on any atom is 0.345 e. The van der Waals surface area contributed by atoms with Gasteiger partial charge in [0.1, 0.15) is 4.88 Å². The summed E-state index contributed by atoms with van der Waals surface area (Å²) in [5.41, 5.74) is 1.11. The van der Waals surface area contributed by atoms with Crippen LogP contribution in [0.3, 0.4) is 0 Å². The number of nitrogens with one attached hydrogen (secondary N) is 1. The molecule has 6 nitrogen and oxygen atoms in total. The maximum atomic E-state index is 12.1. The zero-order chi connectivity index (χ0) is 15.7. The summed E-state index contributed by atoms with van der Waals surface area (Å²) in [5, 5.41) is 16.7. The van der Waals surface area contributed by atoms with E-state index in [1.54, 1.807) is 35.1 Å². The minimum Gasteiger partial charge on any atom is -0.477 e. The molecule has 0 saturated carbocycles. The van der Waals surface area contributed by atoms with Gasteiger partial charge < -0.3 is 10.4 Å². The van der Waals surface area contributed by atoms with E-state index in [4.69, 9.17) is 5.11 Å². The van der Waals surface area contributed by atoms with Crippen molar-refractivity contribution in [2.24, 2.45) is 0 Å². The number of carbonyl (C=O) groups excluding carboxylic acids is 1. The number of aromatic carboxylic acids is 1. The van der Waals surface area contributed by atoms with E-state index in [9.17, 15) is 9.59 Å². The summed E-state index contributed by atoms with van der Waals surface area (Å²) in [7, 11) is 0. The van der Waals surface area contributed by atoms with E-state index in [0.717, 1.165) is 10.1 Å². The average Bonchev–Trinajstić information content (AvgIpc) is 3.13. The summed E-state index contributed by atoms with van der Waals surface area (Å²) in [6.07, 6.45) is 3.20. The predicted octanol–water partition coefficient (Wildman–Crippen LogP) is 3.07. The molecule has 1 aromatic carbocycles. The molecule has 112 valence electrons. The van der Waals surface area contributed by atoms with Crippen molar-refractivity contribution >= 4 is 39.0 Å². The topological polar surface area (TPSA) is 84.2 Å². The summed E-state index contributed by atoms with van der Waals surface area (Å²) in [6.45, 7) is 2.64. The molecule has 0 fully saturated rings. The van der Waals surface area contributed by atoms with E-state index in [0.29, 0.717) is 17.8 Å². The first-order chi connectivity index (χ1) is 10.6. The van der Waals surface area contributed by atoms with Crippen LogP contribution in [0.25, 0.3) is 10.1 Å². The zero-order valence-electron chi connectivity index (χ0n) is 11.7. The monoisotopic (exact) mass is 315 g/mol. The van der Waals surface area contributed by atoms with Gasteiger partial charge in [-0.05, 0) is 36.6 Å². The van der Waals surface area contributed by atoms with Gasteiger partial charge in [0.25, 0.3) is 5.91 Å². The Balaban J connectivity index is 1.84. The Morgan fingerprint density at radius 3 is 2.86 bits per heavy atom. The largest absolute Gasteiger partial charge is 0.477 e. The number of rotatable bonds is 4. The van der Waals surface area contributed by atoms with Crippen molar-refractivity contribution in [3.05, 3.63) is 47.1 Å². The Morgan fingerprint density at radius 2 is 2.18 bits per heavy atom. The van der Waals surface area contributed by atoms with Crippen LogP contribution in [0, 0.1) is 0 Å². The first kappa shape index (κ1) is 14.3. The summed E-state index contributed by atoms with van der Waals surface area (Å²) < 4.78 is 2.55. The highest BCUT2D eigenvalue weighted by Crippen LogP contribution is 2.28. The highest BCUT2D eigenvalue weighted by atomic mass is 32.1. The fourth-order valence-corrected chi connectivity index (χ4v) is 2.97. The second kappa shape index (κ2) is 5.61. The predicted molar refractivity (Wildman–Crippen MR) is 84.6 cm³/mol. The molecule has 0 spiro atoms. The van der Waals surface area contributed by atoms with Gasteiger partial charge in [-0.3, -0.25) is 9.48 Å². The number of fused-ring (bicyclic) bond motifs is 1. The molecule has 2 N–H and O–H groups in total. The lowest BCUT2D eigenvalue weighted by atomic mass is 10.2. The molecule has 0 atom stereocenters. The van der Waals surface area contributed by atoms with Gasteiger partial charge in [-0.2, -0.15) is 5.10 Å². The van der Waals surface area contributed by atoms with Crippen LogP contribution in [0.5, 0.6) is 0 Å². The van der Waals surface area contributed by atoms with Crippen LogP contribution in [0.15, 0.2) is 36.7 Å². The van der Waals surface area contributed by atoms with Crippen LogP contribution in [0.1, 0.15) is 27.0 Å². The Hall–Kier alpha value is -2.67. The van der Waals surface area contributed by atoms with E-state index in [1.165, 1.54) is 17.5 Å². The molecule has 3 rings (SSSR count). The highest BCUT2D eigenvalue weighted by molar-refractivity contribution is 7.20.